The standard InChI is InChI=1S/C27H33N3O5S/c1-33-15-8-14-29(27(32)28-24-13-12-22(34-2)17-25(24)35-3)20-26(31)30(19-23-11-7-16-36-23)18-21-9-5-4-6-10-21/h4-7,9-13,16-17H,8,14-15,18-20H2,1-3H3,(H,28,32). The third-order valence-corrected chi connectivity index (χ3v) is 6.40. The molecule has 0 spiro atoms. The molecule has 0 fully saturated rings. The first-order chi connectivity index (χ1) is 17.5. The molecule has 3 aromatic rings. The van der Waals surface area contributed by atoms with Crippen LogP contribution in [0.4, 0.5) is 10.5 Å². The first-order valence-electron chi connectivity index (χ1n) is 11.6. The fourth-order valence-electron chi connectivity index (χ4n) is 3.64. The summed E-state index contributed by atoms with van der Waals surface area (Å²) in [6.45, 7) is 1.71. The van der Waals surface area contributed by atoms with Crippen LogP contribution in [0.2, 0.25) is 0 Å². The van der Waals surface area contributed by atoms with Gasteiger partial charge in [-0.3, -0.25) is 4.79 Å². The number of thiophene rings is 1. The molecule has 9 heteroatoms. The Labute approximate surface area is 216 Å². The third-order valence-electron chi connectivity index (χ3n) is 5.54. The van der Waals surface area contributed by atoms with E-state index in [1.807, 2.05) is 47.8 Å². The SMILES string of the molecule is COCCCN(CC(=O)N(Cc1ccccc1)Cc1cccs1)C(=O)Nc1ccc(OC)cc1OC. The number of rotatable bonds is 13. The Morgan fingerprint density at radius 3 is 2.39 bits per heavy atom. The average molecular weight is 512 g/mol. The zero-order valence-corrected chi connectivity index (χ0v) is 21.8. The highest BCUT2D eigenvalue weighted by atomic mass is 32.1. The molecular formula is C27H33N3O5S. The van der Waals surface area contributed by atoms with Crippen LogP contribution in [0.5, 0.6) is 11.5 Å². The van der Waals surface area contributed by atoms with E-state index >= 15 is 0 Å². The lowest BCUT2D eigenvalue weighted by Crippen LogP contribution is -2.44. The van der Waals surface area contributed by atoms with Crippen molar-refractivity contribution >= 4 is 29.0 Å². The van der Waals surface area contributed by atoms with Crippen molar-refractivity contribution in [2.75, 3.05) is 46.3 Å². The number of carbonyl (C=O) groups excluding carboxylic acids is 2. The second-order valence-electron chi connectivity index (χ2n) is 8.08. The van der Waals surface area contributed by atoms with Crippen molar-refractivity contribution in [3.63, 3.8) is 0 Å². The molecule has 0 aliphatic rings. The van der Waals surface area contributed by atoms with E-state index in [1.165, 1.54) is 12.0 Å². The number of urea groups is 1. The van der Waals surface area contributed by atoms with Gasteiger partial charge in [-0.25, -0.2) is 4.79 Å². The van der Waals surface area contributed by atoms with Gasteiger partial charge in [-0.1, -0.05) is 36.4 Å². The lowest BCUT2D eigenvalue weighted by Gasteiger charge is -2.28. The quantitative estimate of drug-likeness (QED) is 0.332. The van der Waals surface area contributed by atoms with Crippen molar-refractivity contribution in [2.24, 2.45) is 0 Å². The minimum Gasteiger partial charge on any atom is -0.497 e. The molecule has 0 unspecified atom stereocenters. The molecule has 3 amide bonds. The van der Waals surface area contributed by atoms with Crippen LogP contribution in [0, 0.1) is 0 Å². The van der Waals surface area contributed by atoms with E-state index < -0.39 is 6.03 Å². The number of ether oxygens (including phenoxy) is 3. The number of carbonyl (C=O) groups is 2. The van der Waals surface area contributed by atoms with Crippen molar-refractivity contribution in [3.05, 3.63) is 76.5 Å². The predicted molar refractivity (Wildman–Crippen MR) is 142 cm³/mol. The summed E-state index contributed by atoms with van der Waals surface area (Å²) in [6.07, 6.45) is 0.598. The van der Waals surface area contributed by atoms with Crippen LogP contribution in [-0.2, 0) is 22.6 Å². The van der Waals surface area contributed by atoms with E-state index in [9.17, 15) is 9.59 Å². The number of amides is 3. The molecule has 8 nitrogen and oxygen atoms in total. The molecule has 0 aliphatic carbocycles. The van der Waals surface area contributed by atoms with Gasteiger partial charge in [-0.15, -0.1) is 11.3 Å². The van der Waals surface area contributed by atoms with Crippen molar-refractivity contribution in [2.45, 2.75) is 19.5 Å². The lowest BCUT2D eigenvalue weighted by molar-refractivity contribution is -0.133. The lowest BCUT2D eigenvalue weighted by atomic mass is 10.2. The van der Waals surface area contributed by atoms with E-state index in [0.29, 0.717) is 49.8 Å². The van der Waals surface area contributed by atoms with Gasteiger partial charge in [-0.05, 0) is 35.6 Å². The molecule has 3 rings (SSSR count). The molecule has 0 atom stereocenters. The zero-order chi connectivity index (χ0) is 25.8. The van der Waals surface area contributed by atoms with Crippen molar-refractivity contribution in [1.29, 1.82) is 0 Å². The fourth-order valence-corrected chi connectivity index (χ4v) is 4.36. The number of benzene rings is 2. The van der Waals surface area contributed by atoms with E-state index in [4.69, 9.17) is 14.2 Å². The Bertz CT molecular complexity index is 1090. The van der Waals surface area contributed by atoms with Gasteiger partial charge in [-0.2, -0.15) is 0 Å². The van der Waals surface area contributed by atoms with Gasteiger partial charge in [0.1, 0.15) is 18.0 Å². The number of hydrogen-bond donors (Lipinski definition) is 1. The third kappa shape index (κ3) is 8.00. The minimum atomic E-state index is -0.390. The predicted octanol–water partition coefficient (Wildman–Crippen LogP) is 4.86. The van der Waals surface area contributed by atoms with Gasteiger partial charge in [0, 0.05) is 37.7 Å². The summed E-state index contributed by atoms with van der Waals surface area (Å²) < 4.78 is 15.8. The summed E-state index contributed by atoms with van der Waals surface area (Å²) in [6, 6.07) is 18.6. The van der Waals surface area contributed by atoms with Crippen molar-refractivity contribution < 1.29 is 23.8 Å². The molecule has 1 N–H and O–H groups in total. The second-order valence-corrected chi connectivity index (χ2v) is 9.11. The van der Waals surface area contributed by atoms with Crippen LogP contribution in [0.15, 0.2) is 66.0 Å². The van der Waals surface area contributed by atoms with Crippen molar-refractivity contribution in [3.8, 4) is 11.5 Å². The summed E-state index contributed by atoms with van der Waals surface area (Å²) in [5.74, 6) is 0.942. The molecular weight excluding hydrogens is 478 g/mol. The number of hydrogen-bond acceptors (Lipinski definition) is 6. The summed E-state index contributed by atoms with van der Waals surface area (Å²) >= 11 is 1.60. The number of methoxy groups -OCH3 is 3. The average Bonchev–Trinajstić information content (AvgIpc) is 3.41. The first kappa shape index (κ1) is 27.0. The molecule has 0 bridgehead atoms. The van der Waals surface area contributed by atoms with Crippen LogP contribution in [0.1, 0.15) is 16.9 Å². The topological polar surface area (TPSA) is 80.3 Å². The molecule has 192 valence electrons. The Kier molecular flexibility index (Phi) is 10.6. The van der Waals surface area contributed by atoms with Crippen LogP contribution < -0.4 is 14.8 Å². The molecule has 0 saturated heterocycles. The van der Waals surface area contributed by atoms with Gasteiger partial charge in [0.2, 0.25) is 5.91 Å². The van der Waals surface area contributed by atoms with Gasteiger partial charge in [0.25, 0.3) is 0 Å². The summed E-state index contributed by atoms with van der Waals surface area (Å²) in [5.41, 5.74) is 1.52. The van der Waals surface area contributed by atoms with Crippen molar-refractivity contribution in [1.82, 2.24) is 9.80 Å². The van der Waals surface area contributed by atoms with E-state index in [1.54, 1.807) is 48.7 Å². The summed E-state index contributed by atoms with van der Waals surface area (Å²) in [7, 11) is 4.70. The van der Waals surface area contributed by atoms with Crippen LogP contribution >= 0.6 is 11.3 Å². The van der Waals surface area contributed by atoms with Crippen LogP contribution in [0.3, 0.4) is 0 Å². The van der Waals surface area contributed by atoms with Gasteiger partial charge in [0.15, 0.2) is 0 Å². The molecule has 36 heavy (non-hydrogen) atoms. The molecule has 0 aliphatic heterocycles. The van der Waals surface area contributed by atoms with Crippen LogP contribution in [-0.4, -0.2) is 62.8 Å². The molecule has 0 radical (unpaired) electrons. The maximum atomic E-state index is 13.5. The Morgan fingerprint density at radius 2 is 1.72 bits per heavy atom. The largest absolute Gasteiger partial charge is 0.497 e. The van der Waals surface area contributed by atoms with Crippen LogP contribution in [0.25, 0.3) is 0 Å². The van der Waals surface area contributed by atoms with Gasteiger partial charge in [0.05, 0.1) is 26.5 Å². The van der Waals surface area contributed by atoms with E-state index in [0.717, 1.165) is 10.4 Å². The number of nitrogens with zero attached hydrogens (tertiary/aromatic N) is 2. The molecule has 1 aromatic heterocycles. The first-order valence-corrected chi connectivity index (χ1v) is 12.5. The monoisotopic (exact) mass is 511 g/mol. The highest BCUT2D eigenvalue weighted by Gasteiger charge is 2.23. The minimum absolute atomic E-state index is 0.0633. The highest BCUT2D eigenvalue weighted by Crippen LogP contribution is 2.29. The maximum Gasteiger partial charge on any atom is 0.322 e. The molecule has 2 aromatic carbocycles. The Hall–Kier alpha value is -3.56. The molecule has 0 saturated carbocycles. The summed E-state index contributed by atoms with van der Waals surface area (Å²) in [5, 5.41) is 4.87. The number of anilines is 1. The second kappa shape index (κ2) is 14.1. The smallest absolute Gasteiger partial charge is 0.322 e. The normalized spacial score (nSPS) is 10.5. The number of nitrogens with one attached hydrogen (secondary N) is 1. The fraction of sp³-hybridized carbons (Fsp3) is 0.333. The van der Waals surface area contributed by atoms with Gasteiger partial charge >= 0.3 is 6.03 Å². The van der Waals surface area contributed by atoms with Gasteiger partial charge < -0.3 is 29.3 Å². The Balaban J connectivity index is 1.77. The maximum absolute atomic E-state index is 13.5. The van der Waals surface area contributed by atoms with E-state index in [-0.39, 0.29) is 12.5 Å². The van der Waals surface area contributed by atoms with E-state index in [2.05, 4.69) is 5.32 Å². The summed E-state index contributed by atoms with van der Waals surface area (Å²) in [4.78, 5) is 31.2. The highest BCUT2D eigenvalue weighted by molar-refractivity contribution is 7.09. The Morgan fingerprint density at radius 1 is 0.917 bits per heavy atom. The molecule has 1 heterocycles. The zero-order valence-electron chi connectivity index (χ0n) is 20.9.